The number of aliphatic hydroxyl groups excluding tert-OH is 1. The molecular weight excluding hydrogens is 212 g/mol. The van der Waals surface area contributed by atoms with Gasteiger partial charge in [0.1, 0.15) is 0 Å². The summed E-state index contributed by atoms with van der Waals surface area (Å²) in [6.45, 7) is 3.50. The molecule has 0 aliphatic rings. The Bertz CT molecular complexity index is 404. The van der Waals surface area contributed by atoms with E-state index in [1.165, 1.54) is 11.3 Å². The van der Waals surface area contributed by atoms with Gasteiger partial charge in [-0.1, -0.05) is 0 Å². The van der Waals surface area contributed by atoms with Crippen LogP contribution in [0.5, 0.6) is 0 Å². The normalized spacial score (nSPS) is 14.5. The van der Waals surface area contributed by atoms with Crippen molar-refractivity contribution in [1.29, 1.82) is 0 Å². The molecule has 0 aliphatic carbocycles. The van der Waals surface area contributed by atoms with Crippen LogP contribution in [0.15, 0.2) is 6.07 Å². The molecule has 1 aromatic heterocycles. The van der Waals surface area contributed by atoms with E-state index in [1.807, 2.05) is 0 Å². The van der Waals surface area contributed by atoms with Crippen LogP contribution in [0, 0.1) is 13.8 Å². The van der Waals surface area contributed by atoms with Crippen LogP contribution in [-0.4, -0.2) is 18.1 Å². The van der Waals surface area contributed by atoms with E-state index in [0.29, 0.717) is 4.88 Å². The zero-order chi connectivity index (χ0) is 10.2. The second-order valence-electron chi connectivity index (χ2n) is 2.74. The van der Waals surface area contributed by atoms with Gasteiger partial charge in [-0.2, -0.15) is 8.42 Å². The second-order valence-corrected chi connectivity index (χ2v) is 5.67. The van der Waals surface area contributed by atoms with Crippen LogP contribution in [0.3, 0.4) is 0 Å². The largest absolute Gasteiger partial charge is 0.371 e. The molecule has 1 heterocycles. The van der Waals surface area contributed by atoms with Crippen molar-refractivity contribution in [3.05, 3.63) is 21.4 Å². The molecule has 0 aliphatic heterocycles. The summed E-state index contributed by atoms with van der Waals surface area (Å²) in [5, 5.41) is 9.22. The van der Waals surface area contributed by atoms with Crippen LogP contribution in [0.4, 0.5) is 0 Å². The lowest BCUT2D eigenvalue weighted by Gasteiger charge is -2.05. The molecule has 0 radical (unpaired) electrons. The summed E-state index contributed by atoms with van der Waals surface area (Å²) in [6, 6.07) is 1.55. The highest BCUT2D eigenvalue weighted by atomic mass is 32.2. The first-order chi connectivity index (χ1) is 5.82. The first kappa shape index (κ1) is 10.6. The van der Waals surface area contributed by atoms with Crippen LogP contribution in [0.2, 0.25) is 0 Å². The van der Waals surface area contributed by atoms with Gasteiger partial charge in [0.05, 0.1) is 0 Å². The Morgan fingerprint density at radius 2 is 2.00 bits per heavy atom. The van der Waals surface area contributed by atoms with Gasteiger partial charge in [-0.15, -0.1) is 11.3 Å². The standard InChI is InChI=1S/C7H10O4S2/c1-4-3-6(5(2)12-4)7(8)13(9,10)11/h3,7-8H,1-2H3,(H,9,10,11). The van der Waals surface area contributed by atoms with Gasteiger partial charge in [0, 0.05) is 15.3 Å². The molecule has 2 N–H and O–H groups in total. The summed E-state index contributed by atoms with van der Waals surface area (Å²) in [6.07, 6.45) is 0. The molecule has 0 bridgehead atoms. The van der Waals surface area contributed by atoms with E-state index < -0.39 is 15.6 Å². The summed E-state index contributed by atoms with van der Waals surface area (Å²) in [4.78, 5) is 1.60. The van der Waals surface area contributed by atoms with Gasteiger partial charge >= 0.3 is 0 Å². The zero-order valence-corrected chi connectivity index (χ0v) is 8.82. The van der Waals surface area contributed by atoms with Gasteiger partial charge in [-0.25, -0.2) is 0 Å². The molecule has 1 unspecified atom stereocenters. The maximum Gasteiger partial charge on any atom is 0.296 e. The molecule has 0 saturated carbocycles. The molecule has 0 aromatic carbocycles. The van der Waals surface area contributed by atoms with E-state index in [2.05, 4.69) is 0 Å². The van der Waals surface area contributed by atoms with E-state index in [4.69, 9.17) is 4.55 Å². The van der Waals surface area contributed by atoms with Crippen molar-refractivity contribution >= 4 is 21.5 Å². The lowest BCUT2D eigenvalue weighted by molar-refractivity contribution is 0.238. The lowest BCUT2D eigenvalue weighted by Crippen LogP contribution is -2.11. The number of thiophene rings is 1. The van der Waals surface area contributed by atoms with E-state index in [-0.39, 0.29) is 5.56 Å². The van der Waals surface area contributed by atoms with Gasteiger partial charge in [-0.05, 0) is 19.9 Å². The molecule has 0 fully saturated rings. The molecule has 0 spiro atoms. The summed E-state index contributed by atoms with van der Waals surface area (Å²) < 4.78 is 29.8. The van der Waals surface area contributed by atoms with Gasteiger partial charge < -0.3 is 5.11 Å². The van der Waals surface area contributed by atoms with Crippen molar-refractivity contribution in [1.82, 2.24) is 0 Å². The predicted octanol–water partition coefficient (Wildman–Crippen LogP) is 1.24. The third-order valence-electron chi connectivity index (χ3n) is 1.63. The molecule has 1 atom stereocenters. The predicted molar refractivity (Wildman–Crippen MR) is 50.3 cm³/mol. The average molecular weight is 222 g/mol. The highest BCUT2D eigenvalue weighted by Crippen LogP contribution is 2.28. The van der Waals surface area contributed by atoms with Gasteiger partial charge in [0.2, 0.25) is 5.44 Å². The van der Waals surface area contributed by atoms with Crippen molar-refractivity contribution in [2.24, 2.45) is 0 Å². The fourth-order valence-corrected chi connectivity index (χ4v) is 2.65. The van der Waals surface area contributed by atoms with Crippen LogP contribution >= 0.6 is 11.3 Å². The van der Waals surface area contributed by atoms with Gasteiger partial charge in [0.15, 0.2) is 0 Å². The fourth-order valence-electron chi connectivity index (χ4n) is 1.06. The molecule has 1 rings (SSSR count). The first-order valence-electron chi connectivity index (χ1n) is 3.53. The number of hydrogen-bond acceptors (Lipinski definition) is 4. The highest BCUT2D eigenvalue weighted by Gasteiger charge is 2.24. The number of rotatable bonds is 2. The summed E-state index contributed by atoms with van der Waals surface area (Å²) in [5.74, 6) is 0. The van der Waals surface area contributed by atoms with Crippen LogP contribution in [0.1, 0.15) is 20.8 Å². The van der Waals surface area contributed by atoms with Gasteiger partial charge in [-0.3, -0.25) is 4.55 Å². The van der Waals surface area contributed by atoms with Crippen molar-refractivity contribution in [3.8, 4) is 0 Å². The molecule has 0 saturated heterocycles. The third kappa shape index (κ3) is 2.28. The van der Waals surface area contributed by atoms with Crippen molar-refractivity contribution in [3.63, 3.8) is 0 Å². The monoisotopic (exact) mass is 222 g/mol. The topological polar surface area (TPSA) is 74.6 Å². The smallest absolute Gasteiger partial charge is 0.296 e. The van der Waals surface area contributed by atoms with Crippen LogP contribution in [0.25, 0.3) is 0 Å². The Labute approximate surface area is 80.6 Å². The number of hydrogen-bond donors (Lipinski definition) is 2. The maximum absolute atomic E-state index is 10.6. The van der Waals surface area contributed by atoms with E-state index >= 15 is 0 Å². The average Bonchev–Trinajstić information content (AvgIpc) is 2.26. The summed E-state index contributed by atoms with van der Waals surface area (Å²) >= 11 is 1.38. The van der Waals surface area contributed by atoms with Crippen LogP contribution in [-0.2, 0) is 10.1 Å². The fraction of sp³-hybridized carbons (Fsp3) is 0.429. The molecule has 1 aromatic rings. The quantitative estimate of drug-likeness (QED) is 0.738. The number of aliphatic hydroxyl groups is 1. The molecule has 74 valence electrons. The van der Waals surface area contributed by atoms with Crippen LogP contribution < -0.4 is 0 Å². The Balaban J connectivity index is 3.16. The SMILES string of the molecule is Cc1cc(C(O)S(=O)(=O)O)c(C)s1. The molecule has 13 heavy (non-hydrogen) atoms. The van der Waals surface area contributed by atoms with Crippen molar-refractivity contribution < 1.29 is 18.1 Å². The van der Waals surface area contributed by atoms with E-state index in [9.17, 15) is 13.5 Å². The highest BCUT2D eigenvalue weighted by molar-refractivity contribution is 7.85. The maximum atomic E-state index is 10.6. The van der Waals surface area contributed by atoms with Crippen molar-refractivity contribution in [2.75, 3.05) is 0 Å². The molecular formula is C7H10O4S2. The van der Waals surface area contributed by atoms with Gasteiger partial charge in [0.25, 0.3) is 10.1 Å². The summed E-state index contributed by atoms with van der Waals surface area (Å²) in [5.41, 5.74) is -1.57. The van der Waals surface area contributed by atoms with E-state index in [1.54, 1.807) is 19.9 Å². The Kier molecular flexibility index (Phi) is 2.76. The summed E-state index contributed by atoms with van der Waals surface area (Å²) in [7, 11) is -4.40. The minimum atomic E-state index is -4.40. The van der Waals surface area contributed by atoms with Crippen molar-refractivity contribution in [2.45, 2.75) is 19.3 Å². The molecule has 6 heteroatoms. The Morgan fingerprint density at radius 3 is 2.31 bits per heavy atom. The number of aryl methyl sites for hydroxylation is 2. The first-order valence-corrected chi connectivity index (χ1v) is 5.85. The minimum Gasteiger partial charge on any atom is -0.371 e. The minimum absolute atomic E-state index is 0.255. The lowest BCUT2D eigenvalue weighted by atomic mass is 10.2. The zero-order valence-electron chi connectivity index (χ0n) is 7.18. The second kappa shape index (κ2) is 3.38. The Morgan fingerprint density at radius 1 is 1.46 bits per heavy atom. The molecule has 0 amide bonds. The Hall–Kier alpha value is -0.430. The third-order valence-corrected chi connectivity index (χ3v) is 3.43. The molecule has 4 nitrogen and oxygen atoms in total. The van der Waals surface area contributed by atoms with E-state index in [0.717, 1.165) is 4.88 Å².